The van der Waals surface area contributed by atoms with Gasteiger partial charge in [-0.25, -0.2) is 0 Å². The second-order valence-electron chi connectivity index (χ2n) is 6.72. The maximum Gasteiger partial charge on any atom is 0.253 e. The van der Waals surface area contributed by atoms with Gasteiger partial charge in [0.05, 0.1) is 0 Å². The average molecular weight is 376 g/mol. The van der Waals surface area contributed by atoms with Gasteiger partial charge < -0.3 is 20.4 Å². The molecule has 1 aromatic rings. The molecule has 0 fully saturated rings. The van der Waals surface area contributed by atoms with Gasteiger partial charge in [0.1, 0.15) is 0 Å². The molecule has 6 heteroatoms. The molecule has 6 nitrogen and oxygen atoms in total. The lowest BCUT2D eigenvalue weighted by atomic mass is 10.1. The predicted molar refractivity (Wildman–Crippen MR) is 115 cm³/mol. The summed E-state index contributed by atoms with van der Waals surface area (Å²) in [4.78, 5) is 20.8. The summed E-state index contributed by atoms with van der Waals surface area (Å²) in [5, 5.41) is 6.68. The fourth-order valence-electron chi connectivity index (χ4n) is 2.81. The molecule has 0 aliphatic carbocycles. The first kappa shape index (κ1) is 23.0. The van der Waals surface area contributed by atoms with E-state index in [0.717, 1.165) is 69.2 Å². The number of benzene rings is 1. The van der Waals surface area contributed by atoms with E-state index in [1.807, 2.05) is 18.2 Å². The summed E-state index contributed by atoms with van der Waals surface area (Å²) in [6.07, 6.45) is 1.91. The van der Waals surface area contributed by atoms with Crippen LogP contribution in [0.15, 0.2) is 29.3 Å². The summed E-state index contributed by atoms with van der Waals surface area (Å²) in [6.45, 7) is 12.2. The van der Waals surface area contributed by atoms with Crippen LogP contribution in [0.1, 0.15) is 43.1 Å². The Hall–Kier alpha value is -2.08. The van der Waals surface area contributed by atoms with Gasteiger partial charge in [-0.3, -0.25) is 9.79 Å². The first-order valence-corrected chi connectivity index (χ1v) is 10.1. The lowest BCUT2D eigenvalue weighted by Crippen LogP contribution is -2.38. The second-order valence-corrected chi connectivity index (χ2v) is 6.72. The van der Waals surface area contributed by atoms with Crippen molar-refractivity contribution in [3.8, 4) is 0 Å². The maximum atomic E-state index is 12.1. The highest BCUT2D eigenvalue weighted by atomic mass is 16.2. The van der Waals surface area contributed by atoms with Crippen molar-refractivity contribution in [1.29, 1.82) is 0 Å². The van der Waals surface area contributed by atoms with E-state index in [9.17, 15) is 4.79 Å². The molecule has 27 heavy (non-hydrogen) atoms. The van der Waals surface area contributed by atoms with E-state index in [1.54, 1.807) is 19.0 Å². The van der Waals surface area contributed by atoms with Crippen molar-refractivity contribution in [2.75, 3.05) is 53.4 Å². The van der Waals surface area contributed by atoms with Crippen molar-refractivity contribution >= 4 is 11.9 Å². The molecule has 0 saturated carbocycles. The maximum absolute atomic E-state index is 12.1. The Labute approximate surface area is 165 Å². The first-order valence-electron chi connectivity index (χ1n) is 10.1. The monoisotopic (exact) mass is 375 g/mol. The van der Waals surface area contributed by atoms with Gasteiger partial charge >= 0.3 is 0 Å². The van der Waals surface area contributed by atoms with Crippen LogP contribution < -0.4 is 10.6 Å². The third-order valence-corrected chi connectivity index (χ3v) is 4.43. The normalized spacial score (nSPS) is 11.6. The zero-order valence-electron chi connectivity index (χ0n) is 17.7. The number of amides is 1. The zero-order chi connectivity index (χ0) is 20.1. The topological polar surface area (TPSA) is 60.0 Å². The fourth-order valence-corrected chi connectivity index (χ4v) is 2.81. The number of nitrogens with zero attached hydrogens (tertiary/aromatic N) is 3. The van der Waals surface area contributed by atoms with Gasteiger partial charge in [0, 0.05) is 39.3 Å². The number of hydrogen-bond acceptors (Lipinski definition) is 3. The Morgan fingerprint density at radius 3 is 2.48 bits per heavy atom. The van der Waals surface area contributed by atoms with E-state index in [1.165, 1.54) is 0 Å². The summed E-state index contributed by atoms with van der Waals surface area (Å²) in [5.74, 6) is 0.894. The van der Waals surface area contributed by atoms with Crippen LogP contribution in [0.3, 0.4) is 0 Å². The Morgan fingerprint density at radius 1 is 1.11 bits per heavy atom. The average Bonchev–Trinajstić information content (AvgIpc) is 2.67. The minimum Gasteiger partial charge on any atom is -0.357 e. The van der Waals surface area contributed by atoms with Crippen LogP contribution in [0.4, 0.5) is 0 Å². The second kappa shape index (κ2) is 13.1. The molecule has 0 atom stereocenters. The zero-order valence-corrected chi connectivity index (χ0v) is 17.7. The van der Waals surface area contributed by atoms with Gasteiger partial charge in [-0.1, -0.05) is 26.0 Å². The van der Waals surface area contributed by atoms with Gasteiger partial charge in [0.25, 0.3) is 5.91 Å². The van der Waals surface area contributed by atoms with E-state index < -0.39 is 0 Å². The molecule has 1 rings (SSSR count). The molecule has 0 heterocycles. The van der Waals surface area contributed by atoms with Gasteiger partial charge in [-0.05, 0) is 57.1 Å². The molecule has 0 saturated heterocycles. The van der Waals surface area contributed by atoms with Crippen molar-refractivity contribution in [2.24, 2.45) is 4.99 Å². The van der Waals surface area contributed by atoms with E-state index in [0.29, 0.717) is 0 Å². The van der Waals surface area contributed by atoms with Gasteiger partial charge in [0.2, 0.25) is 0 Å². The van der Waals surface area contributed by atoms with Crippen LogP contribution in [0, 0.1) is 0 Å². The third-order valence-electron chi connectivity index (χ3n) is 4.43. The quantitative estimate of drug-likeness (QED) is 0.354. The number of hydrogen-bond donors (Lipinski definition) is 2. The summed E-state index contributed by atoms with van der Waals surface area (Å²) in [5.41, 5.74) is 1.88. The van der Waals surface area contributed by atoms with Crippen LogP contribution >= 0.6 is 0 Å². The first-order chi connectivity index (χ1) is 13.0. The van der Waals surface area contributed by atoms with E-state index in [-0.39, 0.29) is 5.91 Å². The molecule has 0 aliphatic heterocycles. The van der Waals surface area contributed by atoms with Crippen molar-refractivity contribution in [1.82, 2.24) is 20.4 Å². The number of aliphatic imine (C=N–C) groups is 1. The lowest BCUT2D eigenvalue weighted by molar-refractivity contribution is 0.0827. The highest BCUT2D eigenvalue weighted by Gasteiger charge is 2.08. The Bertz CT molecular complexity index is 582. The number of nitrogens with one attached hydrogen (secondary N) is 2. The predicted octanol–water partition coefficient (Wildman–Crippen LogP) is 2.22. The van der Waals surface area contributed by atoms with Gasteiger partial charge in [-0.15, -0.1) is 0 Å². The van der Waals surface area contributed by atoms with Crippen LogP contribution in [-0.2, 0) is 6.42 Å². The molecule has 1 aromatic carbocycles. The van der Waals surface area contributed by atoms with Crippen molar-refractivity contribution in [3.05, 3.63) is 35.4 Å². The highest BCUT2D eigenvalue weighted by Crippen LogP contribution is 2.07. The van der Waals surface area contributed by atoms with E-state index >= 15 is 0 Å². The third kappa shape index (κ3) is 8.91. The van der Waals surface area contributed by atoms with Crippen LogP contribution in [-0.4, -0.2) is 75.0 Å². The summed E-state index contributed by atoms with van der Waals surface area (Å²) < 4.78 is 0. The van der Waals surface area contributed by atoms with Crippen molar-refractivity contribution in [2.45, 2.75) is 33.6 Å². The number of rotatable bonds is 11. The molecule has 0 radical (unpaired) electrons. The largest absolute Gasteiger partial charge is 0.357 e. The molecule has 0 aliphatic rings. The Morgan fingerprint density at radius 2 is 1.85 bits per heavy atom. The molecule has 0 unspecified atom stereocenters. The molecular formula is C21H37N5O. The minimum absolute atomic E-state index is 0.0351. The molecule has 1 amide bonds. The number of carbonyl (C=O) groups excluding carboxylic acids is 1. The summed E-state index contributed by atoms with van der Waals surface area (Å²) in [6, 6.07) is 7.83. The minimum atomic E-state index is 0.0351. The lowest BCUT2D eigenvalue weighted by Gasteiger charge is -2.17. The van der Waals surface area contributed by atoms with Crippen LogP contribution in [0.5, 0.6) is 0 Å². The Kier molecular flexibility index (Phi) is 11.2. The van der Waals surface area contributed by atoms with Crippen LogP contribution in [0.2, 0.25) is 0 Å². The molecule has 0 spiro atoms. The fraction of sp³-hybridized carbons (Fsp3) is 0.619. The van der Waals surface area contributed by atoms with E-state index in [4.69, 9.17) is 0 Å². The highest BCUT2D eigenvalue weighted by molar-refractivity contribution is 5.94. The number of carbonyl (C=O) groups is 1. The standard InChI is InChI=1S/C21H37N5O/c1-6-22-21(23-14-10-16-26(7-2)8-3)24-15-13-18-11-9-12-19(17-18)20(27)25(4)5/h9,11-12,17H,6-8,10,13-16H2,1-5H3,(H2,22,23,24). The summed E-state index contributed by atoms with van der Waals surface area (Å²) >= 11 is 0. The Balaban J connectivity index is 2.49. The molecule has 152 valence electrons. The van der Waals surface area contributed by atoms with Gasteiger partial charge in [-0.2, -0.15) is 0 Å². The summed E-state index contributed by atoms with van der Waals surface area (Å²) in [7, 11) is 3.55. The van der Waals surface area contributed by atoms with Crippen molar-refractivity contribution < 1.29 is 4.79 Å². The SMILES string of the molecule is CCNC(=NCCCN(CC)CC)NCCc1cccc(C(=O)N(C)C)c1. The van der Waals surface area contributed by atoms with Gasteiger partial charge in [0.15, 0.2) is 5.96 Å². The van der Waals surface area contributed by atoms with Crippen LogP contribution in [0.25, 0.3) is 0 Å². The number of guanidine groups is 1. The molecule has 0 bridgehead atoms. The van der Waals surface area contributed by atoms with Crippen molar-refractivity contribution in [3.63, 3.8) is 0 Å². The molecule has 2 N–H and O–H groups in total. The molecule has 0 aromatic heterocycles. The van der Waals surface area contributed by atoms with E-state index in [2.05, 4.69) is 47.4 Å². The molecular weight excluding hydrogens is 338 g/mol. The smallest absolute Gasteiger partial charge is 0.253 e.